The van der Waals surface area contributed by atoms with Gasteiger partial charge in [-0.05, 0) is 23.8 Å². The Hall–Kier alpha value is -2.30. The van der Waals surface area contributed by atoms with Gasteiger partial charge >= 0.3 is 5.97 Å². The molecule has 0 aliphatic carbocycles. The predicted molar refractivity (Wildman–Crippen MR) is 66.0 cm³/mol. The van der Waals surface area contributed by atoms with Gasteiger partial charge in [-0.25, -0.2) is 4.79 Å². The Balaban J connectivity index is 2.23. The fourth-order valence-electron chi connectivity index (χ4n) is 1.80. The second kappa shape index (κ2) is 4.91. The van der Waals surface area contributed by atoms with Gasteiger partial charge in [0.25, 0.3) is 0 Å². The summed E-state index contributed by atoms with van der Waals surface area (Å²) in [6, 6.07) is 9.22. The van der Waals surface area contributed by atoms with Gasteiger partial charge in [0.05, 0.1) is 12.8 Å². The van der Waals surface area contributed by atoms with Crippen molar-refractivity contribution in [3.63, 3.8) is 0 Å². The van der Waals surface area contributed by atoms with Crippen molar-refractivity contribution in [2.75, 3.05) is 7.11 Å². The van der Waals surface area contributed by atoms with Crippen LogP contribution >= 0.6 is 0 Å². The lowest BCUT2D eigenvalue weighted by Gasteiger charge is -2.02. The number of hydrogen-bond donors (Lipinski definition) is 1. The third-order valence-electron chi connectivity index (χ3n) is 2.67. The van der Waals surface area contributed by atoms with Crippen molar-refractivity contribution in [1.29, 1.82) is 0 Å². The summed E-state index contributed by atoms with van der Waals surface area (Å²) in [7, 11) is 3.24. The number of benzene rings is 1. The summed E-state index contributed by atoms with van der Waals surface area (Å²) in [6.45, 7) is 0. The Kier molecular flexibility index (Phi) is 3.32. The first kappa shape index (κ1) is 12.2. The van der Waals surface area contributed by atoms with E-state index >= 15 is 0 Å². The summed E-state index contributed by atoms with van der Waals surface area (Å²) in [6.07, 6.45) is 0.582. The van der Waals surface area contributed by atoms with Gasteiger partial charge in [0.15, 0.2) is 0 Å². The van der Waals surface area contributed by atoms with E-state index < -0.39 is 5.97 Å². The summed E-state index contributed by atoms with van der Waals surface area (Å²) in [5.74, 6) is -0.191. The molecule has 0 saturated carbocycles. The largest absolute Gasteiger partial charge is 0.497 e. The molecule has 0 radical (unpaired) electrons. The van der Waals surface area contributed by atoms with Gasteiger partial charge in [-0.3, -0.25) is 4.68 Å². The maximum atomic E-state index is 10.9. The molecule has 1 heterocycles. The highest BCUT2D eigenvalue weighted by Gasteiger charge is 2.11. The number of nitrogens with zero attached hydrogens (tertiary/aromatic N) is 2. The molecule has 0 aliphatic heterocycles. The van der Waals surface area contributed by atoms with Crippen LogP contribution < -0.4 is 4.74 Å². The summed E-state index contributed by atoms with van der Waals surface area (Å²) in [5, 5.41) is 13.1. The lowest BCUT2D eigenvalue weighted by molar-refractivity contribution is 0.0685. The van der Waals surface area contributed by atoms with E-state index in [1.54, 1.807) is 20.2 Å². The molecule has 2 aromatic rings. The van der Waals surface area contributed by atoms with Crippen molar-refractivity contribution in [2.24, 2.45) is 7.05 Å². The van der Waals surface area contributed by atoms with E-state index in [1.165, 1.54) is 4.68 Å². The molecular formula is C13H14N2O3. The molecule has 5 nitrogen and oxygen atoms in total. The van der Waals surface area contributed by atoms with Gasteiger partial charge in [0.2, 0.25) is 0 Å². The van der Waals surface area contributed by atoms with Gasteiger partial charge < -0.3 is 9.84 Å². The normalized spacial score (nSPS) is 10.3. The Morgan fingerprint density at radius 2 is 2.22 bits per heavy atom. The second-order valence-corrected chi connectivity index (χ2v) is 3.98. The molecule has 0 spiro atoms. The second-order valence-electron chi connectivity index (χ2n) is 3.98. The van der Waals surface area contributed by atoms with Crippen molar-refractivity contribution in [1.82, 2.24) is 9.78 Å². The first-order valence-corrected chi connectivity index (χ1v) is 5.49. The van der Waals surface area contributed by atoms with Crippen LogP contribution in [0.25, 0.3) is 0 Å². The van der Waals surface area contributed by atoms with Crippen LogP contribution in [0.15, 0.2) is 30.3 Å². The van der Waals surface area contributed by atoms with Crippen molar-refractivity contribution in [3.8, 4) is 5.75 Å². The minimum absolute atomic E-state index is 0.188. The van der Waals surface area contributed by atoms with Gasteiger partial charge in [0.1, 0.15) is 11.4 Å². The molecule has 1 aromatic carbocycles. The SMILES string of the molecule is COc1cccc(Cc2cc(C(=O)O)n(C)n2)c1. The van der Waals surface area contributed by atoms with Crippen LogP contribution in [-0.2, 0) is 13.5 Å². The minimum atomic E-state index is -0.970. The maximum Gasteiger partial charge on any atom is 0.354 e. The van der Waals surface area contributed by atoms with Crippen molar-refractivity contribution in [3.05, 3.63) is 47.3 Å². The highest BCUT2D eigenvalue weighted by molar-refractivity contribution is 5.85. The molecule has 0 amide bonds. The molecule has 1 aromatic heterocycles. The lowest BCUT2D eigenvalue weighted by atomic mass is 10.1. The number of rotatable bonds is 4. The van der Waals surface area contributed by atoms with E-state index in [0.29, 0.717) is 6.42 Å². The average molecular weight is 246 g/mol. The van der Waals surface area contributed by atoms with Gasteiger partial charge in [0, 0.05) is 13.5 Å². The molecular weight excluding hydrogens is 232 g/mol. The van der Waals surface area contributed by atoms with Crippen LogP contribution in [0, 0.1) is 0 Å². The third kappa shape index (κ3) is 2.51. The molecule has 0 unspecified atom stereocenters. The van der Waals surface area contributed by atoms with Gasteiger partial charge in [-0.15, -0.1) is 0 Å². The molecule has 0 saturated heterocycles. The van der Waals surface area contributed by atoms with Gasteiger partial charge in [-0.1, -0.05) is 12.1 Å². The van der Waals surface area contributed by atoms with E-state index in [-0.39, 0.29) is 5.69 Å². The number of carbonyl (C=O) groups is 1. The Bertz CT molecular complexity index is 575. The van der Waals surface area contributed by atoms with Crippen LogP contribution in [0.2, 0.25) is 0 Å². The van der Waals surface area contributed by atoms with Crippen molar-refractivity contribution >= 4 is 5.97 Å². The number of carboxylic acids is 1. The Labute approximate surface area is 105 Å². The summed E-state index contributed by atoms with van der Waals surface area (Å²) in [5.41, 5.74) is 1.94. The van der Waals surface area contributed by atoms with Crippen LogP contribution in [-0.4, -0.2) is 28.0 Å². The zero-order valence-corrected chi connectivity index (χ0v) is 10.3. The fourth-order valence-corrected chi connectivity index (χ4v) is 1.80. The molecule has 1 N–H and O–H groups in total. The highest BCUT2D eigenvalue weighted by atomic mass is 16.5. The fraction of sp³-hybridized carbons (Fsp3) is 0.231. The van der Waals surface area contributed by atoms with Crippen LogP contribution in [0.4, 0.5) is 0 Å². The van der Waals surface area contributed by atoms with E-state index in [2.05, 4.69) is 5.10 Å². The van der Waals surface area contributed by atoms with E-state index in [1.807, 2.05) is 24.3 Å². The van der Waals surface area contributed by atoms with E-state index in [0.717, 1.165) is 17.0 Å². The lowest BCUT2D eigenvalue weighted by Crippen LogP contribution is -2.04. The topological polar surface area (TPSA) is 64.3 Å². The number of methoxy groups -OCH3 is 1. The van der Waals surface area contributed by atoms with Crippen molar-refractivity contribution in [2.45, 2.75) is 6.42 Å². The number of aromatic carboxylic acids is 1. The smallest absolute Gasteiger partial charge is 0.354 e. The Morgan fingerprint density at radius 1 is 1.44 bits per heavy atom. The van der Waals surface area contributed by atoms with Crippen LogP contribution in [0.5, 0.6) is 5.75 Å². The minimum Gasteiger partial charge on any atom is -0.497 e. The summed E-state index contributed by atoms with van der Waals surface area (Å²) in [4.78, 5) is 10.9. The zero-order chi connectivity index (χ0) is 13.1. The van der Waals surface area contributed by atoms with Crippen LogP contribution in [0.3, 0.4) is 0 Å². The molecule has 0 fully saturated rings. The van der Waals surface area contributed by atoms with Gasteiger partial charge in [-0.2, -0.15) is 5.10 Å². The quantitative estimate of drug-likeness (QED) is 0.892. The molecule has 0 aliphatic rings. The van der Waals surface area contributed by atoms with Crippen molar-refractivity contribution < 1.29 is 14.6 Å². The third-order valence-corrected chi connectivity index (χ3v) is 2.67. The highest BCUT2D eigenvalue weighted by Crippen LogP contribution is 2.16. The average Bonchev–Trinajstić information content (AvgIpc) is 2.70. The summed E-state index contributed by atoms with van der Waals surface area (Å²) < 4.78 is 6.51. The first-order chi connectivity index (χ1) is 8.60. The number of aromatic nitrogens is 2. The molecule has 5 heteroatoms. The van der Waals surface area contributed by atoms with Crippen LogP contribution in [0.1, 0.15) is 21.7 Å². The Morgan fingerprint density at radius 3 is 2.83 bits per heavy atom. The molecule has 0 atom stereocenters. The molecule has 94 valence electrons. The standard InChI is InChI=1S/C13H14N2O3/c1-15-12(13(16)17)8-10(14-15)6-9-4-3-5-11(7-9)18-2/h3-5,7-8H,6H2,1-2H3,(H,16,17). The molecule has 2 rings (SSSR count). The number of aryl methyl sites for hydroxylation is 1. The number of carboxylic acid groups (broad SMARTS) is 1. The zero-order valence-electron chi connectivity index (χ0n) is 10.3. The predicted octanol–water partition coefficient (Wildman–Crippen LogP) is 1.72. The molecule has 0 bridgehead atoms. The number of hydrogen-bond acceptors (Lipinski definition) is 3. The first-order valence-electron chi connectivity index (χ1n) is 5.49. The molecule has 18 heavy (non-hydrogen) atoms. The maximum absolute atomic E-state index is 10.9. The monoisotopic (exact) mass is 246 g/mol. The van der Waals surface area contributed by atoms with E-state index in [9.17, 15) is 4.79 Å². The summed E-state index contributed by atoms with van der Waals surface area (Å²) >= 11 is 0. The van der Waals surface area contributed by atoms with E-state index in [4.69, 9.17) is 9.84 Å². The number of ether oxygens (including phenoxy) is 1.